The van der Waals surface area contributed by atoms with Crippen LogP contribution in [-0.2, 0) is 16.6 Å². The van der Waals surface area contributed by atoms with Crippen LogP contribution < -0.4 is 5.32 Å². The molecule has 0 radical (unpaired) electrons. The number of carbonyl (C=O) groups is 3. The maximum atomic E-state index is 12.7. The Labute approximate surface area is 172 Å². The first-order valence-electron chi connectivity index (χ1n) is 9.70. The molecule has 0 bridgehead atoms. The number of rotatable bonds is 3. The Morgan fingerprint density at radius 2 is 2.10 bits per heavy atom. The van der Waals surface area contributed by atoms with E-state index in [0.29, 0.717) is 18.5 Å². The number of fused-ring (bicyclic) bond motifs is 3. The van der Waals surface area contributed by atoms with Gasteiger partial charge in [-0.05, 0) is 36.0 Å². The Kier molecular flexibility index (Phi) is 4.74. The standard InChI is InChI=1S/C22H20N4O4/c1-13-17-8-7-14-12-26(18(27)11-24-21(29)30)25-20(14)22(17,9-15(10-23)19(13)28)16-5-3-2-4-6-16/h2-6,9,12-13,17,24H,7-8,11H2,1H3,(H,29,30)/t13-,17-,22+/m0/s1. The van der Waals surface area contributed by atoms with Gasteiger partial charge in [0.25, 0.3) is 5.91 Å². The monoisotopic (exact) mass is 404 g/mol. The van der Waals surface area contributed by atoms with Gasteiger partial charge in [-0.15, -0.1) is 0 Å². The molecule has 1 heterocycles. The second-order valence-corrected chi connectivity index (χ2v) is 7.70. The summed E-state index contributed by atoms with van der Waals surface area (Å²) in [6.07, 6.45) is 3.40. The van der Waals surface area contributed by atoms with Crippen LogP contribution in [0.3, 0.4) is 0 Å². The summed E-state index contributed by atoms with van der Waals surface area (Å²) >= 11 is 0. The Hall–Kier alpha value is -3.73. The van der Waals surface area contributed by atoms with Gasteiger partial charge in [-0.2, -0.15) is 10.4 Å². The molecule has 30 heavy (non-hydrogen) atoms. The fraction of sp³-hybridized carbons (Fsp3) is 0.318. The van der Waals surface area contributed by atoms with Gasteiger partial charge in [0.1, 0.15) is 12.6 Å². The predicted molar refractivity (Wildman–Crippen MR) is 106 cm³/mol. The zero-order chi connectivity index (χ0) is 21.5. The van der Waals surface area contributed by atoms with Crippen LogP contribution in [-0.4, -0.2) is 39.2 Å². The molecule has 8 heteroatoms. The largest absolute Gasteiger partial charge is 0.465 e. The molecule has 1 aromatic carbocycles. The molecule has 1 aromatic heterocycles. The molecule has 2 aromatic rings. The van der Waals surface area contributed by atoms with Gasteiger partial charge in [0, 0.05) is 12.1 Å². The average molecular weight is 404 g/mol. The van der Waals surface area contributed by atoms with E-state index in [1.165, 1.54) is 0 Å². The molecule has 3 atom stereocenters. The summed E-state index contributed by atoms with van der Waals surface area (Å²) in [6, 6.07) is 11.6. The van der Waals surface area contributed by atoms with Gasteiger partial charge >= 0.3 is 6.09 Å². The van der Waals surface area contributed by atoms with E-state index in [0.717, 1.165) is 15.8 Å². The lowest BCUT2D eigenvalue weighted by Gasteiger charge is -2.46. The molecule has 0 spiro atoms. The quantitative estimate of drug-likeness (QED) is 0.809. The van der Waals surface area contributed by atoms with E-state index in [9.17, 15) is 19.6 Å². The summed E-state index contributed by atoms with van der Waals surface area (Å²) in [5, 5.41) is 25.0. The van der Waals surface area contributed by atoms with Gasteiger partial charge in [0.05, 0.1) is 16.7 Å². The van der Waals surface area contributed by atoms with E-state index in [1.807, 2.05) is 43.3 Å². The number of allylic oxidation sites excluding steroid dienone is 2. The third kappa shape index (κ3) is 2.90. The third-order valence-corrected chi connectivity index (χ3v) is 6.16. The van der Waals surface area contributed by atoms with Gasteiger partial charge in [-0.3, -0.25) is 9.59 Å². The molecule has 2 N–H and O–H groups in total. The zero-order valence-electron chi connectivity index (χ0n) is 16.3. The highest BCUT2D eigenvalue weighted by Crippen LogP contribution is 2.53. The summed E-state index contributed by atoms with van der Waals surface area (Å²) in [7, 11) is 0. The number of nitrogens with one attached hydrogen (secondary N) is 1. The third-order valence-electron chi connectivity index (χ3n) is 6.16. The van der Waals surface area contributed by atoms with Crippen molar-refractivity contribution in [3.63, 3.8) is 0 Å². The van der Waals surface area contributed by atoms with Crippen LogP contribution in [0.5, 0.6) is 0 Å². The van der Waals surface area contributed by atoms with Gasteiger partial charge < -0.3 is 10.4 Å². The number of hydrogen-bond donors (Lipinski definition) is 2. The molecule has 0 fully saturated rings. The first-order valence-corrected chi connectivity index (χ1v) is 9.70. The number of aromatic nitrogens is 2. The zero-order valence-corrected chi connectivity index (χ0v) is 16.3. The van der Waals surface area contributed by atoms with Gasteiger partial charge in [-0.1, -0.05) is 37.3 Å². The molecule has 0 aliphatic heterocycles. The van der Waals surface area contributed by atoms with Crippen LogP contribution in [0, 0.1) is 23.2 Å². The van der Waals surface area contributed by atoms with E-state index >= 15 is 0 Å². The van der Waals surface area contributed by atoms with Crippen LogP contribution in [0.4, 0.5) is 4.79 Å². The second kappa shape index (κ2) is 7.26. The number of nitriles is 1. The second-order valence-electron chi connectivity index (χ2n) is 7.70. The lowest BCUT2D eigenvalue weighted by Crippen LogP contribution is -2.48. The molecule has 152 valence electrons. The number of benzene rings is 1. The van der Waals surface area contributed by atoms with Crippen LogP contribution in [0.15, 0.2) is 48.2 Å². The first-order chi connectivity index (χ1) is 14.4. The highest BCUT2D eigenvalue weighted by Gasteiger charge is 2.53. The molecule has 4 rings (SSSR count). The van der Waals surface area contributed by atoms with Crippen molar-refractivity contribution in [1.29, 1.82) is 5.26 Å². The predicted octanol–water partition coefficient (Wildman–Crippen LogP) is 2.31. The number of amides is 1. The van der Waals surface area contributed by atoms with Crippen LogP contribution >= 0.6 is 0 Å². The molecule has 0 unspecified atom stereocenters. The molecule has 1 amide bonds. The average Bonchev–Trinajstić information content (AvgIpc) is 3.20. The van der Waals surface area contributed by atoms with Crippen molar-refractivity contribution in [3.05, 3.63) is 65.0 Å². The van der Waals surface area contributed by atoms with Crippen molar-refractivity contribution in [3.8, 4) is 6.07 Å². The summed E-state index contributed by atoms with van der Waals surface area (Å²) < 4.78 is 1.16. The molecule has 0 saturated heterocycles. The maximum absolute atomic E-state index is 12.7. The maximum Gasteiger partial charge on any atom is 0.405 e. The summed E-state index contributed by atoms with van der Waals surface area (Å²) in [5.41, 5.74) is 1.70. The van der Waals surface area contributed by atoms with Crippen molar-refractivity contribution in [2.75, 3.05) is 6.54 Å². The molecule has 2 aliphatic rings. The van der Waals surface area contributed by atoms with Gasteiger partial charge in [0.15, 0.2) is 5.78 Å². The molecule has 8 nitrogen and oxygen atoms in total. The normalized spacial score (nSPS) is 24.8. The fourth-order valence-electron chi connectivity index (χ4n) is 4.80. The topological polar surface area (TPSA) is 125 Å². The number of Topliss-reactive ketones (excluding diaryl/α,β-unsaturated/α-hetero) is 1. The van der Waals surface area contributed by atoms with Crippen LogP contribution in [0.2, 0.25) is 0 Å². The Bertz CT molecular complexity index is 1110. The molecule has 0 saturated carbocycles. The molecule has 2 aliphatic carbocycles. The van der Waals surface area contributed by atoms with Crippen molar-refractivity contribution in [1.82, 2.24) is 15.1 Å². The number of carbonyl (C=O) groups excluding carboxylic acids is 2. The molecular weight excluding hydrogens is 384 g/mol. The minimum absolute atomic E-state index is 0.101. The number of carboxylic acid groups (broad SMARTS) is 1. The Morgan fingerprint density at radius 3 is 2.77 bits per heavy atom. The van der Waals surface area contributed by atoms with E-state index in [4.69, 9.17) is 5.11 Å². The summed E-state index contributed by atoms with van der Waals surface area (Å²) in [6.45, 7) is 1.45. The Balaban J connectivity index is 1.91. The number of aryl methyl sites for hydroxylation is 1. The van der Waals surface area contributed by atoms with Gasteiger partial charge in [0.2, 0.25) is 0 Å². The summed E-state index contributed by atoms with van der Waals surface area (Å²) in [5.74, 6) is -1.14. The minimum Gasteiger partial charge on any atom is -0.465 e. The number of ketones is 1. The SMILES string of the molecule is C[C@@H]1C(=O)C(C#N)=C[C@]2(c3ccccc3)c3nn(C(=O)CNC(=O)O)cc3CC[C@@H]12. The van der Waals surface area contributed by atoms with Crippen LogP contribution in [0.25, 0.3) is 0 Å². The highest BCUT2D eigenvalue weighted by molar-refractivity contribution is 6.02. The van der Waals surface area contributed by atoms with Crippen molar-refractivity contribution in [2.45, 2.75) is 25.2 Å². The molecular formula is C22H20N4O4. The lowest BCUT2D eigenvalue weighted by molar-refractivity contribution is -0.121. The lowest BCUT2D eigenvalue weighted by atomic mass is 9.54. The van der Waals surface area contributed by atoms with Crippen LogP contribution in [0.1, 0.15) is 35.0 Å². The van der Waals surface area contributed by atoms with Crippen molar-refractivity contribution < 1.29 is 19.5 Å². The van der Waals surface area contributed by atoms with E-state index in [2.05, 4.69) is 10.4 Å². The van der Waals surface area contributed by atoms with E-state index < -0.39 is 24.0 Å². The minimum atomic E-state index is -1.29. The fourth-order valence-corrected chi connectivity index (χ4v) is 4.80. The summed E-state index contributed by atoms with van der Waals surface area (Å²) in [4.78, 5) is 35.9. The smallest absolute Gasteiger partial charge is 0.405 e. The van der Waals surface area contributed by atoms with E-state index in [-0.39, 0.29) is 23.2 Å². The Morgan fingerprint density at radius 1 is 1.37 bits per heavy atom. The van der Waals surface area contributed by atoms with Gasteiger partial charge in [-0.25, -0.2) is 9.48 Å². The number of hydrogen-bond acceptors (Lipinski definition) is 5. The number of nitrogens with zero attached hydrogens (tertiary/aromatic N) is 3. The first kappa shape index (κ1) is 19.6. The van der Waals surface area contributed by atoms with Crippen molar-refractivity contribution in [2.24, 2.45) is 11.8 Å². The highest BCUT2D eigenvalue weighted by atomic mass is 16.4. The van der Waals surface area contributed by atoms with E-state index in [1.54, 1.807) is 12.3 Å². The van der Waals surface area contributed by atoms with Crippen molar-refractivity contribution >= 4 is 17.8 Å².